The Labute approximate surface area is 125 Å². The third kappa shape index (κ3) is 3.29. The van der Waals surface area contributed by atoms with Gasteiger partial charge >= 0.3 is 0 Å². The van der Waals surface area contributed by atoms with Gasteiger partial charge in [0.05, 0.1) is 31.9 Å². The Hall–Kier alpha value is -1.75. The van der Waals surface area contributed by atoms with Crippen molar-refractivity contribution in [2.24, 2.45) is 0 Å². The summed E-state index contributed by atoms with van der Waals surface area (Å²) in [7, 11) is 4.84. The first-order valence-corrected chi connectivity index (χ1v) is 7.25. The first kappa shape index (κ1) is 15.6. The van der Waals surface area contributed by atoms with Crippen molar-refractivity contribution in [3.05, 3.63) is 23.8 Å². The van der Waals surface area contributed by atoms with Crippen LogP contribution in [0.25, 0.3) is 0 Å². The number of ether oxygens (including phenoxy) is 2. The molecule has 1 aromatic carbocycles. The lowest BCUT2D eigenvalue weighted by Gasteiger charge is -2.35. The third-order valence-electron chi connectivity index (χ3n) is 4.15. The van der Waals surface area contributed by atoms with Gasteiger partial charge in [-0.05, 0) is 25.0 Å². The van der Waals surface area contributed by atoms with Crippen molar-refractivity contribution in [1.29, 1.82) is 0 Å². The molecule has 2 rings (SSSR count). The average molecular weight is 293 g/mol. The van der Waals surface area contributed by atoms with Gasteiger partial charge in [-0.2, -0.15) is 0 Å². The fraction of sp³-hybridized carbons (Fsp3) is 0.562. The van der Waals surface area contributed by atoms with E-state index in [-0.39, 0.29) is 11.9 Å². The van der Waals surface area contributed by atoms with E-state index in [0.717, 1.165) is 25.7 Å². The number of aliphatic hydroxyl groups excluding tert-OH is 1. The quantitative estimate of drug-likeness (QED) is 0.923. The largest absolute Gasteiger partial charge is 0.497 e. The predicted octanol–water partition coefficient (Wildman–Crippen LogP) is 2.08. The average Bonchev–Trinajstić information content (AvgIpc) is 2.53. The van der Waals surface area contributed by atoms with Gasteiger partial charge in [0, 0.05) is 13.1 Å². The Morgan fingerprint density at radius 1 is 1.24 bits per heavy atom. The van der Waals surface area contributed by atoms with E-state index < -0.39 is 6.10 Å². The van der Waals surface area contributed by atoms with E-state index >= 15 is 0 Å². The molecule has 116 valence electrons. The second kappa shape index (κ2) is 6.80. The van der Waals surface area contributed by atoms with Crippen LogP contribution in [-0.4, -0.2) is 49.3 Å². The van der Waals surface area contributed by atoms with Crippen molar-refractivity contribution in [3.63, 3.8) is 0 Å². The van der Waals surface area contributed by atoms with Crippen LogP contribution in [-0.2, 0) is 0 Å². The molecular formula is C16H23NO4. The molecular weight excluding hydrogens is 270 g/mol. The zero-order chi connectivity index (χ0) is 15.4. The molecule has 1 aliphatic carbocycles. The molecule has 0 bridgehead atoms. The predicted molar refractivity (Wildman–Crippen MR) is 79.9 cm³/mol. The topological polar surface area (TPSA) is 59.0 Å². The fourth-order valence-corrected chi connectivity index (χ4v) is 2.86. The molecule has 0 heterocycles. The normalized spacial score (nSPS) is 21.7. The van der Waals surface area contributed by atoms with Gasteiger partial charge in [0.15, 0.2) is 0 Å². The van der Waals surface area contributed by atoms with E-state index in [0.29, 0.717) is 17.1 Å². The smallest absolute Gasteiger partial charge is 0.257 e. The van der Waals surface area contributed by atoms with Crippen molar-refractivity contribution in [2.45, 2.75) is 37.8 Å². The number of nitrogens with zero attached hydrogens (tertiary/aromatic N) is 1. The monoisotopic (exact) mass is 293 g/mol. The molecule has 0 radical (unpaired) electrons. The van der Waals surface area contributed by atoms with Crippen LogP contribution in [0.5, 0.6) is 11.5 Å². The molecule has 1 fully saturated rings. The van der Waals surface area contributed by atoms with E-state index in [1.807, 2.05) is 0 Å². The molecule has 1 aliphatic rings. The summed E-state index contributed by atoms with van der Waals surface area (Å²) in [5.41, 5.74) is 0.485. The number of carbonyl (C=O) groups is 1. The summed E-state index contributed by atoms with van der Waals surface area (Å²) in [5.74, 6) is 0.987. The summed E-state index contributed by atoms with van der Waals surface area (Å²) in [6, 6.07) is 5.00. The number of likely N-dealkylation sites (N-methyl/N-ethyl adjacent to an activating group) is 1. The van der Waals surface area contributed by atoms with Crippen molar-refractivity contribution in [3.8, 4) is 11.5 Å². The Bertz CT molecular complexity index is 503. The minimum absolute atomic E-state index is 0.127. The number of amides is 1. The van der Waals surface area contributed by atoms with E-state index in [9.17, 15) is 9.90 Å². The molecule has 0 spiro atoms. The van der Waals surface area contributed by atoms with Crippen molar-refractivity contribution >= 4 is 5.91 Å². The SMILES string of the molecule is COc1ccc(C(=O)N(C)C2CCCCC2O)c(OC)c1. The summed E-state index contributed by atoms with van der Waals surface area (Å²) >= 11 is 0. The van der Waals surface area contributed by atoms with E-state index in [2.05, 4.69) is 0 Å². The van der Waals surface area contributed by atoms with Crippen LogP contribution in [0, 0.1) is 0 Å². The standard InChI is InChI=1S/C16H23NO4/c1-17(13-6-4-5-7-14(13)18)16(19)12-9-8-11(20-2)10-15(12)21-3/h8-10,13-14,18H,4-7H2,1-3H3. The molecule has 1 amide bonds. The highest BCUT2D eigenvalue weighted by molar-refractivity contribution is 5.97. The molecule has 1 aromatic rings. The minimum atomic E-state index is -0.447. The molecule has 2 unspecified atom stereocenters. The van der Waals surface area contributed by atoms with E-state index in [4.69, 9.17) is 9.47 Å². The Kier molecular flexibility index (Phi) is 5.07. The van der Waals surface area contributed by atoms with Gasteiger partial charge in [-0.3, -0.25) is 4.79 Å². The maximum absolute atomic E-state index is 12.7. The summed E-state index contributed by atoms with van der Waals surface area (Å²) < 4.78 is 10.4. The first-order valence-electron chi connectivity index (χ1n) is 7.25. The zero-order valence-corrected chi connectivity index (χ0v) is 12.8. The lowest BCUT2D eigenvalue weighted by Crippen LogP contribution is -2.46. The number of rotatable bonds is 4. The Balaban J connectivity index is 2.22. The second-order valence-electron chi connectivity index (χ2n) is 5.40. The van der Waals surface area contributed by atoms with Gasteiger partial charge in [-0.1, -0.05) is 12.8 Å². The van der Waals surface area contributed by atoms with Crippen LogP contribution in [0.15, 0.2) is 18.2 Å². The van der Waals surface area contributed by atoms with Gasteiger partial charge in [0.2, 0.25) is 0 Å². The van der Waals surface area contributed by atoms with E-state index in [1.165, 1.54) is 7.11 Å². The zero-order valence-electron chi connectivity index (χ0n) is 12.8. The molecule has 5 heteroatoms. The first-order chi connectivity index (χ1) is 10.1. The lowest BCUT2D eigenvalue weighted by atomic mass is 9.91. The highest BCUT2D eigenvalue weighted by Crippen LogP contribution is 2.28. The number of hydrogen-bond acceptors (Lipinski definition) is 4. The van der Waals surface area contributed by atoms with Gasteiger partial charge in [0.25, 0.3) is 5.91 Å². The van der Waals surface area contributed by atoms with Gasteiger partial charge in [-0.15, -0.1) is 0 Å². The second-order valence-corrected chi connectivity index (χ2v) is 5.40. The summed E-state index contributed by atoms with van der Waals surface area (Å²) in [4.78, 5) is 14.3. The number of hydrogen-bond donors (Lipinski definition) is 1. The molecule has 0 saturated heterocycles. The summed E-state index contributed by atoms with van der Waals surface area (Å²) in [5, 5.41) is 10.1. The fourth-order valence-electron chi connectivity index (χ4n) is 2.86. The molecule has 0 aliphatic heterocycles. The number of methoxy groups -OCH3 is 2. The van der Waals surface area contributed by atoms with E-state index in [1.54, 1.807) is 37.3 Å². The van der Waals surface area contributed by atoms with Crippen LogP contribution >= 0.6 is 0 Å². The molecule has 1 saturated carbocycles. The molecule has 1 N–H and O–H groups in total. The summed E-state index contributed by atoms with van der Waals surface area (Å²) in [6.07, 6.45) is 3.20. The highest BCUT2D eigenvalue weighted by Gasteiger charge is 2.30. The van der Waals surface area contributed by atoms with Gasteiger partial charge < -0.3 is 19.5 Å². The summed E-state index contributed by atoms with van der Waals surface area (Å²) in [6.45, 7) is 0. The number of aliphatic hydroxyl groups is 1. The number of benzene rings is 1. The van der Waals surface area contributed by atoms with Crippen LogP contribution in [0.2, 0.25) is 0 Å². The van der Waals surface area contributed by atoms with Crippen molar-refractivity contribution < 1.29 is 19.4 Å². The van der Waals surface area contributed by atoms with Crippen molar-refractivity contribution in [2.75, 3.05) is 21.3 Å². The molecule has 5 nitrogen and oxygen atoms in total. The maximum Gasteiger partial charge on any atom is 0.257 e. The molecule has 0 aromatic heterocycles. The van der Waals surface area contributed by atoms with Crippen LogP contribution in [0.1, 0.15) is 36.0 Å². The Morgan fingerprint density at radius 2 is 1.95 bits per heavy atom. The lowest BCUT2D eigenvalue weighted by molar-refractivity contribution is 0.0266. The van der Waals surface area contributed by atoms with Gasteiger partial charge in [0.1, 0.15) is 11.5 Å². The molecule has 2 atom stereocenters. The number of carbonyl (C=O) groups excluding carboxylic acids is 1. The minimum Gasteiger partial charge on any atom is -0.497 e. The van der Waals surface area contributed by atoms with Crippen LogP contribution < -0.4 is 9.47 Å². The molecule has 21 heavy (non-hydrogen) atoms. The highest BCUT2D eigenvalue weighted by atomic mass is 16.5. The van der Waals surface area contributed by atoms with Crippen molar-refractivity contribution in [1.82, 2.24) is 4.90 Å². The third-order valence-corrected chi connectivity index (χ3v) is 4.15. The van der Waals surface area contributed by atoms with Gasteiger partial charge in [-0.25, -0.2) is 0 Å². The van der Waals surface area contributed by atoms with Crippen LogP contribution in [0.3, 0.4) is 0 Å². The maximum atomic E-state index is 12.7. The van der Waals surface area contributed by atoms with Crippen LogP contribution in [0.4, 0.5) is 0 Å². The Morgan fingerprint density at radius 3 is 2.57 bits per heavy atom.